The SMILES string of the molecule is Nc1nc2ccc(Oc3ccccc3)cc2n1Cc1cccc(C(=O)N(C2CCCCC2)C2CC2)c1. The van der Waals surface area contributed by atoms with E-state index in [2.05, 4.69) is 16.0 Å². The number of nitrogens with two attached hydrogens (primary N) is 1. The zero-order valence-corrected chi connectivity index (χ0v) is 20.5. The zero-order chi connectivity index (χ0) is 24.5. The van der Waals surface area contributed by atoms with Gasteiger partial charge in [0.15, 0.2) is 0 Å². The summed E-state index contributed by atoms with van der Waals surface area (Å²) < 4.78 is 8.01. The number of ether oxygens (including phenoxy) is 1. The molecule has 2 fully saturated rings. The number of carbonyl (C=O) groups excluding carboxylic acids is 1. The lowest BCUT2D eigenvalue weighted by atomic mass is 9.93. The second kappa shape index (κ2) is 9.69. The summed E-state index contributed by atoms with van der Waals surface area (Å²) in [6, 6.07) is 24.3. The van der Waals surface area contributed by atoms with Gasteiger partial charge >= 0.3 is 0 Å². The van der Waals surface area contributed by atoms with Gasteiger partial charge in [-0.1, -0.05) is 49.6 Å². The largest absolute Gasteiger partial charge is 0.457 e. The molecule has 184 valence electrons. The Morgan fingerprint density at radius 1 is 0.889 bits per heavy atom. The maximum absolute atomic E-state index is 13.6. The van der Waals surface area contributed by atoms with Crippen molar-refractivity contribution in [2.75, 3.05) is 5.73 Å². The van der Waals surface area contributed by atoms with Gasteiger partial charge in [-0.25, -0.2) is 4.98 Å². The number of carbonyl (C=O) groups is 1. The Bertz CT molecular complexity index is 1370. The molecule has 4 aromatic rings. The van der Waals surface area contributed by atoms with Gasteiger partial charge in [-0.05, 0) is 67.6 Å². The second-order valence-corrected chi connectivity index (χ2v) is 10.1. The Hall–Kier alpha value is -3.80. The molecule has 3 aromatic carbocycles. The normalized spacial score (nSPS) is 16.2. The molecule has 36 heavy (non-hydrogen) atoms. The van der Waals surface area contributed by atoms with Crippen molar-refractivity contribution in [1.82, 2.24) is 14.5 Å². The van der Waals surface area contributed by atoms with Crippen molar-refractivity contribution in [2.24, 2.45) is 0 Å². The molecular formula is C30H32N4O2. The minimum atomic E-state index is 0.174. The van der Waals surface area contributed by atoms with E-state index in [0.29, 0.717) is 24.6 Å². The van der Waals surface area contributed by atoms with Crippen molar-refractivity contribution in [2.45, 2.75) is 63.6 Å². The number of hydrogen-bond acceptors (Lipinski definition) is 4. The molecule has 0 radical (unpaired) electrons. The fraction of sp³-hybridized carbons (Fsp3) is 0.333. The van der Waals surface area contributed by atoms with Gasteiger partial charge in [-0.2, -0.15) is 0 Å². The number of amides is 1. The molecule has 6 heteroatoms. The fourth-order valence-electron chi connectivity index (χ4n) is 5.45. The molecular weight excluding hydrogens is 448 g/mol. The number of rotatable bonds is 7. The zero-order valence-electron chi connectivity index (χ0n) is 20.5. The first kappa shape index (κ1) is 22.7. The second-order valence-electron chi connectivity index (χ2n) is 10.1. The summed E-state index contributed by atoms with van der Waals surface area (Å²) in [7, 11) is 0. The molecule has 2 aliphatic carbocycles. The first-order valence-corrected chi connectivity index (χ1v) is 13.1. The molecule has 0 spiro atoms. The van der Waals surface area contributed by atoms with Crippen LogP contribution in [0.3, 0.4) is 0 Å². The number of nitrogen functional groups attached to an aromatic ring is 1. The third-order valence-corrected chi connectivity index (χ3v) is 7.39. The van der Waals surface area contributed by atoms with Crippen LogP contribution in [0.1, 0.15) is 60.9 Å². The summed E-state index contributed by atoms with van der Waals surface area (Å²) in [6.45, 7) is 0.533. The van der Waals surface area contributed by atoms with Crippen LogP contribution in [0.15, 0.2) is 72.8 Å². The number of benzene rings is 3. The maximum Gasteiger partial charge on any atom is 0.254 e. The van der Waals surface area contributed by atoms with E-state index in [-0.39, 0.29) is 5.91 Å². The molecule has 1 aromatic heterocycles. The summed E-state index contributed by atoms with van der Waals surface area (Å²) in [5.74, 6) is 2.13. The van der Waals surface area contributed by atoms with Crippen LogP contribution in [0.4, 0.5) is 5.95 Å². The third-order valence-electron chi connectivity index (χ3n) is 7.39. The molecule has 0 unspecified atom stereocenters. The van der Waals surface area contributed by atoms with Gasteiger partial charge in [0, 0.05) is 23.7 Å². The van der Waals surface area contributed by atoms with E-state index in [1.165, 1.54) is 19.3 Å². The molecule has 0 saturated heterocycles. The van der Waals surface area contributed by atoms with Crippen LogP contribution in [-0.4, -0.2) is 32.4 Å². The Labute approximate surface area is 211 Å². The van der Waals surface area contributed by atoms with Crippen molar-refractivity contribution in [1.29, 1.82) is 0 Å². The van der Waals surface area contributed by atoms with Crippen LogP contribution in [0, 0.1) is 0 Å². The standard InChI is InChI=1S/C30H32N4O2/c31-30-32-27-17-16-26(36-25-12-5-2-6-13-25)19-28(27)33(30)20-21-8-7-9-22(18-21)29(35)34(24-14-15-24)23-10-3-1-4-11-23/h2,5-9,12-13,16-19,23-24H,1,3-4,10-11,14-15,20H2,(H2,31,32). The fourth-order valence-corrected chi connectivity index (χ4v) is 5.45. The lowest BCUT2D eigenvalue weighted by Gasteiger charge is -2.34. The summed E-state index contributed by atoms with van der Waals surface area (Å²) in [5.41, 5.74) is 9.84. The van der Waals surface area contributed by atoms with Crippen molar-refractivity contribution in [3.63, 3.8) is 0 Å². The number of imidazole rings is 1. The highest BCUT2D eigenvalue weighted by Crippen LogP contribution is 2.35. The smallest absolute Gasteiger partial charge is 0.254 e. The van der Waals surface area contributed by atoms with E-state index in [0.717, 1.165) is 59.3 Å². The molecule has 1 heterocycles. The summed E-state index contributed by atoms with van der Waals surface area (Å²) in [4.78, 5) is 20.4. The molecule has 2 aliphatic rings. The number of fused-ring (bicyclic) bond motifs is 1. The van der Waals surface area contributed by atoms with Crippen LogP contribution in [0.25, 0.3) is 11.0 Å². The summed E-state index contributed by atoms with van der Waals surface area (Å²) in [5, 5.41) is 0. The highest BCUT2D eigenvalue weighted by atomic mass is 16.5. The number of anilines is 1. The van der Waals surface area contributed by atoms with E-state index in [1.807, 2.05) is 71.3 Å². The van der Waals surface area contributed by atoms with Gasteiger partial charge in [0.2, 0.25) is 5.95 Å². The highest BCUT2D eigenvalue weighted by molar-refractivity contribution is 5.95. The van der Waals surface area contributed by atoms with Gasteiger partial charge in [-0.3, -0.25) is 4.79 Å². The summed E-state index contributed by atoms with van der Waals surface area (Å²) in [6.07, 6.45) is 8.27. The van der Waals surface area contributed by atoms with E-state index in [1.54, 1.807) is 0 Å². The minimum Gasteiger partial charge on any atom is -0.457 e. The van der Waals surface area contributed by atoms with Crippen molar-refractivity contribution >= 4 is 22.9 Å². The lowest BCUT2D eigenvalue weighted by Crippen LogP contribution is -2.43. The van der Waals surface area contributed by atoms with Crippen molar-refractivity contribution in [3.05, 3.63) is 83.9 Å². The van der Waals surface area contributed by atoms with Gasteiger partial charge < -0.3 is 19.9 Å². The molecule has 6 nitrogen and oxygen atoms in total. The Morgan fingerprint density at radius 3 is 2.44 bits per heavy atom. The highest BCUT2D eigenvalue weighted by Gasteiger charge is 2.38. The van der Waals surface area contributed by atoms with Gasteiger partial charge in [-0.15, -0.1) is 0 Å². The van der Waals surface area contributed by atoms with Crippen LogP contribution >= 0.6 is 0 Å². The molecule has 2 N–H and O–H groups in total. The number of para-hydroxylation sites is 1. The van der Waals surface area contributed by atoms with E-state index in [4.69, 9.17) is 10.5 Å². The average Bonchev–Trinajstić information content (AvgIpc) is 3.70. The summed E-state index contributed by atoms with van der Waals surface area (Å²) >= 11 is 0. The Kier molecular flexibility index (Phi) is 6.09. The van der Waals surface area contributed by atoms with E-state index >= 15 is 0 Å². The van der Waals surface area contributed by atoms with Crippen LogP contribution in [0.5, 0.6) is 11.5 Å². The minimum absolute atomic E-state index is 0.174. The van der Waals surface area contributed by atoms with Gasteiger partial charge in [0.05, 0.1) is 17.6 Å². The maximum atomic E-state index is 13.6. The van der Waals surface area contributed by atoms with Crippen LogP contribution in [0.2, 0.25) is 0 Å². The van der Waals surface area contributed by atoms with Crippen molar-refractivity contribution < 1.29 is 9.53 Å². The molecule has 0 atom stereocenters. The third kappa shape index (κ3) is 4.68. The molecule has 6 rings (SSSR count). The topological polar surface area (TPSA) is 73.4 Å². The Balaban J connectivity index is 1.26. The number of nitrogens with zero attached hydrogens (tertiary/aromatic N) is 3. The molecule has 0 aliphatic heterocycles. The molecule has 0 bridgehead atoms. The lowest BCUT2D eigenvalue weighted by molar-refractivity contribution is 0.0614. The Morgan fingerprint density at radius 2 is 1.67 bits per heavy atom. The molecule has 2 saturated carbocycles. The van der Waals surface area contributed by atoms with Crippen molar-refractivity contribution in [3.8, 4) is 11.5 Å². The van der Waals surface area contributed by atoms with Gasteiger partial charge in [0.25, 0.3) is 5.91 Å². The van der Waals surface area contributed by atoms with E-state index in [9.17, 15) is 4.79 Å². The average molecular weight is 481 g/mol. The van der Waals surface area contributed by atoms with Crippen LogP contribution < -0.4 is 10.5 Å². The molecule has 1 amide bonds. The van der Waals surface area contributed by atoms with E-state index < -0.39 is 0 Å². The predicted octanol–water partition coefficient (Wildman–Crippen LogP) is 6.40. The number of hydrogen-bond donors (Lipinski definition) is 1. The monoisotopic (exact) mass is 480 g/mol. The van der Waals surface area contributed by atoms with Crippen LogP contribution in [-0.2, 0) is 6.54 Å². The first-order valence-electron chi connectivity index (χ1n) is 13.1. The predicted molar refractivity (Wildman–Crippen MR) is 142 cm³/mol. The number of aromatic nitrogens is 2. The quantitative estimate of drug-likeness (QED) is 0.332. The first-order chi connectivity index (χ1) is 17.7. The van der Waals surface area contributed by atoms with Gasteiger partial charge in [0.1, 0.15) is 11.5 Å².